The molecule has 10 nitrogen and oxygen atoms in total. The van der Waals surface area contributed by atoms with Gasteiger partial charge in [0.25, 0.3) is 0 Å². The van der Waals surface area contributed by atoms with Crippen LogP contribution in [0.1, 0.15) is 65.2 Å². The monoisotopic (exact) mass is 552 g/mol. The van der Waals surface area contributed by atoms with Crippen LogP contribution in [0.2, 0.25) is 0 Å². The number of carbonyl (C=O) groups is 1. The largest absolute Gasteiger partial charge is 0.458 e. The highest BCUT2D eigenvalue weighted by Crippen LogP contribution is 2.70. The van der Waals surface area contributed by atoms with Gasteiger partial charge in [-0.25, -0.2) is 4.79 Å². The third-order valence-electron chi connectivity index (χ3n) is 12.2. The number of hydrogen-bond acceptors (Lipinski definition) is 10. The van der Waals surface area contributed by atoms with Gasteiger partial charge >= 0.3 is 5.97 Å². The van der Waals surface area contributed by atoms with E-state index < -0.39 is 53.2 Å². The number of esters is 1. The van der Waals surface area contributed by atoms with E-state index in [0.717, 1.165) is 18.4 Å². The van der Waals surface area contributed by atoms with Gasteiger partial charge in [0, 0.05) is 18.1 Å². The quantitative estimate of drug-likeness (QED) is 0.212. The molecule has 0 aromatic carbocycles. The van der Waals surface area contributed by atoms with Gasteiger partial charge < -0.3 is 44.8 Å². The van der Waals surface area contributed by atoms with Crippen LogP contribution in [0.15, 0.2) is 11.6 Å². The van der Waals surface area contributed by atoms with Gasteiger partial charge in [-0.2, -0.15) is 0 Å². The number of hydrogen-bond donors (Lipinski definition) is 6. The van der Waals surface area contributed by atoms with Crippen molar-refractivity contribution in [3.8, 4) is 0 Å². The minimum atomic E-state index is -1.36. The molecule has 39 heavy (non-hydrogen) atoms. The predicted molar refractivity (Wildman–Crippen MR) is 136 cm³/mol. The topological polar surface area (TPSA) is 166 Å². The number of aliphatic hydroxyl groups excluding tert-OH is 5. The van der Waals surface area contributed by atoms with Gasteiger partial charge in [0.2, 0.25) is 0 Å². The summed E-state index contributed by atoms with van der Waals surface area (Å²) in [7, 11) is 0. The van der Waals surface area contributed by atoms with Gasteiger partial charge in [-0.3, -0.25) is 0 Å². The van der Waals surface area contributed by atoms with Crippen LogP contribution in [0.25, 0.3) is 0 Å². The zero-order valence-electron chi connectivity index (χ0n) is 22.8. The second-order valence-electron chi connectivity index (χ2n) is 13.5. The molecule has 0 aromatic heterocycles. The van der Waals surface area contributed by atoms with Crippen LogP contribution in [0.5, 0.6) is 0 Å². The molecule has 10 heteroatoms. The fourth-order valence-electron chi connectivity index (χ4n) is 9.90. The Morgan fingerprint density at radius 3 is 2.46 bits per heavy atom. The number of fused-ring (bicyclic) bond motifs is 5. The first-order valence-corrected chi connectivity index (χ1v) is 14.7. The molecular formula is C29H44O10. The van der Waals surface area contributed by atoms with E-state index in [4.69, 9.17) is 14.2 Å². The van der Waals surface area contributed by atoms with Crippen molar-refractivity contribution in [2.45, 2.75) is 114 Å². The normalized spacial score (nSPS) is 55.3. The molecule has 0 aromatic rings. The van der Waals surface area contributed by atoms with Crippen molar-refractivity contribution in [2.75, 3.05) is 13.2 Å². The van der Waals surface area contributed by atoms with E-state index >= 15 is 0 Å². The second kappa shape index (κ2) is 9.73. The summed E-state index contributed by atoms with van der Waals surface area (Å²) in [6.45, 7) is 3.78. The Morgan fingerprint density at radius 1 is 1.00 bits per heavy atom. The van der Waals surface area contributed by atoms with Crippen LogP contribution in [0.3, 0.4) is 0 Å². The Morgan fingerprint density at radius 2 is 1.77 bits per heavy atom. The number of rotatable bonds is 4. The van der Waals surface area contributed by atoms with Crippen molar-refractivity contribution in [3.05, 3.63) is 11.6 Å². The van der Waals surface area contributed by atoms with Crippen molar-refractivity contribution in [3.63, 3.8) is 0 Å². The third-order valence-corrected chi connectivity index (χ3v) is 12.2. The summed E-state index contributed by atoms with van der Waals surface area (Å²) in [6.07, 6.45) is 0.0610. The Balaban J connectivity index is 1.21. The molecule has 6 N–H and O–H groups in total. The van der Waals surface area contributed by atoms with E-state index in [0.29, 0.717) is 38.5 Å². The Labute approximate surface area is 229 Å². The van der Waals surface area contributed by atoms with Crippen LogP contribution in [-0.2, 0) is 19.0 Å². The summed E-state index contributed by atoms with van der Waals surface area (Å²) < 4.78 is 17.0. The number of aliphatic hydroxyl groups is 6. The van der Waals surface area contributed by atoms with E-state index in [1.165, 1.54) is 6.08 Å². The maximum Gasteiger partial charge on any atom is 0.331 e. The lowest BCUT2D eigenvalue weighted by Gasteiger charge is -2.65. The third kappa shape index (κ3) is 3.93. The zero-order chi connectivity index (χ0) is 27.9. The Bertz CT molecular complexity index is 1000. The maximum atomic E-state index is 12.4. The number of cyclic esters (lactones) is 1. The first-order valence-electron chi connectivity index (χ1n) is 14.7. The van der Waals surface area contributed by atoms with E-state index in [1.54, 1.807) is 6.92 Å². The smallest absolute Gasteiger partial charge is 0.331 e. The van der Waals surface area contributed by atoms with Gasteiger partial charge in [-0.15, -0.1) is 0 Å². The lowest BCUT2D eigenvalue weighted by Crippen LogP contribution is -2.68. The summed E-state index contributed by atoms with van der Waals surface area (Å²) in [4.78, 5) is 11.8. The SMILES string of the molecule is C[C@H]1O[C@@H](O[C@H]2CC[C@@]3(CO)[C@H](CC[C@@H]4[C@@H]3C[C@@H](O)[C@]3(C)[C@@H](C5=CC(=O)OC5)CC[C@]43O)C2)[C@H](O)[C@H](O)[C@H]1O. The van der Waals surface area contributed by atoms with Crippen molar-refractivity contribution in [2.24, 2.45) is 34.5 Å². The molecule has 6 rings (SSSR count). The molecule has 0 radical (unpaired) electrons. The average Bonchev–Trinajstić information content (AvgIpc) is 3.47. The van der Waals surface area contributed by atoms with Gasteiger partial charge in [0.1, 0.15) is 24.9 Å². The molecule has 2 heterocycles. The van der Waals surface area contributed by atoms with Crippen LogP contribution < -0.4 is 0 Å². The van der Waals surface area contributed by atoms with Gasteiger partial charge in [0.05, 0.1) is 23.9 Å². The first kappa shape index (κ1) is 28.0. The van der Waals surface area contributed by atoms with Crippen LogP contribution in [0.4, 0.5) is 0 Å². The minimum Gasteiger partial charge on any atom is -0.458 e. The summed E-state index contributed by atoms with van der Waals surface area (Å²) in [5.41, 5.74) is -1.51. The molecule has 0 amide bonds. The molecule has 2 aliphatic heterocycles. The van der Waals surface area contributed by atoms with Crippen LogP contribution in [0, 0.1) is 34.5 Å². The van der Waals surface area contributed by atoms with E-state index in [9.17, 15) is 35.4 Å². The molecule has 4 aliphatic carbocycles. The van der Waals surface area contributed by atoms with E-state index in [1.807, 2.05) is 6.92 Å². The Kier molecular flexibility index (Phi) is 6.99. The standard InChI is InChI=1S/C29H44O10/c1-14-23(33)24(34)25(35)26(38-14)39-17-5-7-28(13-30)16(10-17)3-4-19-20(28)11-21(31)27(2)18(6-8-29(19,27)36)15-9-22(32)37-12-15/h9,14,16-21,23-26,30-31,33-36H,3-8,10-13H2,1-2H3/t14-,16-,17+,18-,19-,20+,21-,23+,24-,25-,26+,27+,28-,29+/m1/s1. The molecule has 0 bridgehead atoms. The van der Waals surface area contributed by atoms with Gasteiger partial charge in [-0.1, -0.05) is 6.92 Å². The molecule has 5 fully saturated rings. The second-order valence-corrected chi connectivity index (χ2v) is 13.5. The van der Waals surface area contributed by atoms with Crippen molar-refractivity contribution in [1.29, 1.82) is 0 Å². The number of carbonyl (C=O) groups excluding carboxylic acids is 1. The van der Waals surface area contributed by atoms with Crippen molar-refractivity contribution in [1.82, 2.24) is 0 Å². The molecular weight excluding hydrogens is 508 g/mol. The highest BCUT2D eigenvalue weighted by molar-refractivity contribution is 5.85. The average molecular weight is 553 g/mol. The van der Waals surface area contributed by atoms with Crippen LogP contribution in [-0.4, -0.2) is 98.3 Å². The van der Waals surface area contributed by atoms with Crippen molar-refractivity contribution >= 4 is 5.97 Å². The molecule has 0 unspecified atom stereocenters. The Hall–Kier alpha value is -1.11. The minimum absolute atomic E-state index is 0.0352. The summed E-state index contributed by atoms with van der Waals surface area (Å²) in [6, 6.07) is 0. The lowest BCUT2D eigenvalue weighted by molar-refractivity contribution is -0.312. The summed E-state index contributed by atoms with van der Waals surface area (Å²) in [5.74, 6) is -0.515. The molecule has 1 saturated heterocycles. The first-order chi connectivity index (χ1) is 18.5. The summed E-state index contributed by atoms with van der Waals surface area (Å²) >= 11 is 0. The predicted octanol–water partition coefficient (Wildman–Crippen LogP) is 0.399. The van der Waals surface area contributed by atoms with Crippen LogP contribution >= 0.6 is 0 Å². The van der Waals surface area contributed by atoms with Gasteiger partial charge in [0.15, 0.2) is 6.29 Å². The fourth-order valence-corrected chi connectivity index (χ4v) is 9.90. The molecule has 6 aliphatic rings. The highest BCUT2D eigenvalue weighted by Gasteiger charge is 2.71. The fraction of sp³-hybridized carbons (Fsp3) is 0.897. The molecule has 14 atom stereocenters. The van der Waals surface area contributed by atoms with Gasteiger partial charge in [-0.05, 0) is 93.0 Å². The maximum absolute atomic E-state index is 12.4. The molecule has 0 spiro atoms. The van der Waals surface area contributed by atoms with E-state index in [-0.39, 0.29) is 49.0 Å². The van der Waals surface area contributed by atoms with Crippen molar-refractivity contribution < 1.29 is 49.6 Å². The summed E-state index contributed by atoms with van der Waals surface area (Å²) in [5, 5.41) is 65.6. The highest BCUT2D eigenvalue weighted by atomic mass is 16.7. The molecule has 4 saturated carbocycles. The lowest BCUT2D eigenvalue weighted by atomic mass is 9.42. The van der Waals surface area contributed by atoms with E-state index in [2.05, 4.69) is 0 Å². The molecule has 220 valence electrons. The number of ether oxygens (including phenoxy) is 3. The zero-order valence-corrected chi connectivity index (χ0v) is 22.8.